The summed E-state index contributed by atoms with van der Waals surface area (Å²) in [6, 6.07) is 5.07. The molecule has 0 heterocycles. The molecular weight excluding hydrogens is 410 g/mol. The first-order valence-electron chi connectivity index (χ1n) is 13.4. The lowest BCUT2D eigenvalue weighted by Gasteiger charge is -2.14. The number of rotatable bonds is 20. The van der Waals surface area contributed by atoms with Crippen molar-refractivity contribution in [1.82, 2.24) is 5.32 Å². The van der Waals surface area contributed by atoms with Crippen LogP contribution in [0.15, 0.2) is 30.4 Å². The van der Waals surface area contributed by atoms with Gasteiger partial charge in [0.1, 0.15) is 0 Å². The van der Waals surface area contributed by atoms with Gasteiger partial charge in [0.2, 0.25) is 5.91 Å². The topological polar surface area (TPSA) is 58.6 Å². The number of carbonyl (C=O) groups excluding carboxylic acids is 1. The highest BCUT2D eigenvalue weighted by atomic mass is 16.5. The molecule has 1 aromatic rings. The second kappa shape index (κ2) is 19.5. The predicted molar refractivity (Wildman–Crippen MR) is 140 cm³/mol. The number of nitrogens with one attached hydrogen (secondary N) is 1. The largest absolute Gasteiger partial charge is 0.504 e. The smallest absolute Gasteiger partial charge is 0.227 e. The van der Waals surface area contributed by atoms with Crippen LogP contribution in [0.1, 0.15) is 122 Å². The molecule has 1 aromatic carbocycles. The van der Waals surface area contributed by atoms with Gasteiger partial charge in [-0.2, -0.15) is 0 Å². The number of unbranched alkanes of at least 4 members (excludes halogenated alkanes) is 13. The Morgan fingerprint density at radius 1 is 0.909 bits per heavy atom. The molecule has 0 radical (unpaired) electrons. The molecule has 33 heavy (non-hydrogen) atoms. The summed E-state index contributed by atoms with van der Waals surface area (Å²) in [5, 5.41) is 12.7. The highest BCUT2D eigenvalue weighted by Gasteiger charge is 2.16. The van der Waals surface area contributed by atoms with Gasteiger partial charge in [0.25, 0.3) is 0 Å². The maximum Gasteiger partial charge on any atom is 0.227 e. The van der Waals surface area contributed by atoms with E-state index in [4.69, 9.17) is 4.74 Å². The minimum Gasteiger partial charge on any atom is -0.504 e. The Kier molecular flexibility index (Phi) is 17.2. The molecule has 1 unspecified atom stereocenters. The van der Waals surface area contributed by atoms with Crippen molar-refractivity contribution in [3.8, 4) is 11.5 Å². The molecule has 0 aliphatic carbocycles. The average molecular weight is 460 g/mol. The van der Waals surface area contributed by atoms with E-state index in [1.165, 1.54) is 90.6 Å². The van der Waals surface area contributed by atoms with E-state index in [9.17, 15) is 9.90 Å². The molecule has 2 N–H and O–H groups in total. The number of hydrogen-bond donors (Lipinski definition) is 2. The highest BCUT2D eigenvalue weighted by Crippen LogP contribution is 2.29. The van der Waals surface area contributed by atoms with Gasteiger partial charge in [0, 0.05) is 6.54 Å². The van der Waals surface area contributed by atoms with Crippen LogP contribution in [-0.4, -0.2) is 24.7 Å². The zero-order valence-corrected chi connectivity index (χ0v) is 21.5. The Bertz CT molecular complexity index is 656. The molecule has 4 heteroatoms. The van der Waals surface area contributed by atoms with E-state index in [1.54, 1.807) is 18.2 Å². The fourth-order valence-corrected chi connectivity index (χ4v) is 4.03. The van der Waals surface area contributed by atoms with Crippen LogP contribution in [-0.2, 0) is 4.79 Å². The minimum atomic E-state index is -0.265. The molecule has 1 rings (SSSR count). The van der Waals surface area contributed by atoms with Crippen LogP contribution < -0.4 is 10.1 Å². The van der Waals surface area contributed by atoms with Crippen LogP contribution in [0, 0.1) is 0 Å². The number of benzene rings is 1. The maximum absolute atomic E-state index is 12.4. The van der Waals surface area contributed by atoms with Crippen LogP contribution in [0.5, 0.6) is 11.5 Å². The Morgan fingerprint density at radius 3 is 2.03 bits per heavy atom. The number of carbonyl (C=O) groups is 1. The Morgan fingerprint density at radius 2 is 1.45 bits per heavy atom. The molecule has 0 spiro atoms. The second-order valence-corrected chi connectivity index (χ2v) is 9.24. The van der Waals surface area contributed by atoms with Crippen LogP contribution >= 0.6 is 0 Å². The summed E-state index contributed by atoms with van der Waals surface area (Å²) in [5.41, 5.74) is 0.846. The van der Waals surface area contributed by atoms with E-state index in [0.29, 0.717) is 5.75 Å². The Balaban J connectivity index is 1.95. The monoisotopic (exact) mass is 459 g/mol. The number of amides is 1. The molecule has 1 amide bonds. The minimum absolute atomic E-state index is 0.0195. The van der Waals surface area contributed by atoms with E-state index < -0.39 is 0 Å². The van der Waals surface area contributed by atoms with E-state index >= 15 is 0 Å². The summed E-state index contributed by atoms with van der Waals surface area (Å²) in [7, 11) is 1.51. The predicted octanol–water partition coefficient (Wildman–Crippen LogP) is 8.05. The zero-order valence-electron chi connectivity index (χ0n) is 21.5. The van der Waals surface area contributed by atoms with E-state index in [0.717, 1.165) is 24.9 Å². The van der Waals surface area contributed by atoms with Crippen molar-refractivity contribution >= 4 is 5.91 Å². The molecule has 0 fully saturated rings. The van der Waals surface area contributed by atoms with Gasteiger partial charge in [0.05, 0.1) is 13.0 Å². The summed E-state index contributed by atoms with van der Waals surface area (Å²) in [6.45, 7) is 4.87. The van der Waals surface area contributed by atoms with Gasteiger partial charge >= 0.3 is 0 Å². The number of phenolic OH excluding ortho intramolecular Hbond substituents is 1. The molecule has 0 aromatic heterocycles. The molecule has 0 bridgehead atoms. The third-order valence-corrected chi connectivity index (χ3v) is 6.33. The molecule has 0 saturated heterocycles. The number of ether oxygens (including phenoxy) is 1. The highest BCUT2D eigenvalue weighted by molar-refractivity contribution is 5.83. The lowest BCUT2D eigenvalue weighted by Crippen LogP contribution is -2.28. The van der Waals surface area contributed by atoms with Crippen molar-refractivity contribution in [3.63, 3.8) is 0 Å². The van der Waals surface area contributed by atoms with Crippen molar-refractivity contribution in [2.24, 2.45) is 0 Å². The van der Waals surface area contributed by atoms with E-state index in [-0.39, 0.29) is 17.6 Å². The van der Waals surface area contributed by atoms with Gasteiger partial charge in [0.15, 0.2) is 11.5 Å². The van der Waals surface area contributed by atoms with Crippen LogP contribution in [0.3, 0.4) is 0 Å². The summed E-state index contributed by atoms with van der Waals surface area (Å²) in [4.78, 5) is 12.4. The van der Waals surface area contributed by atoms with Crippen LogP contribution in [0.2, 0.25) is 0 Å². The van der Waals surface area contributed by atoms with Crippen molar-refractivity contribution in [2.45, 2.75) is 116 Å². The van der Waals surface area contributed by atoms with Gasteiger partial charge in [-0.15, -0.1) is 0 Å². The van der Waals surface area contributed by atoms with Gasteiger partial charge in [-0.1, -0.05) is 89.4 Å². The fourth-order valence-electron chi connectivity index (χ4n) is 4.03. The Hall–Kier alpha value is -1.97. The third kappa shape index (κ3) is 14.0. The molecular formula is C29H49NO3. The van der Waals surface area contributed by atoms with Crippen molar-refractivity contribution in [1.29, 1.82) is 0 Å². The SMILES string of the molecule is CCCCCCCCCC=CCCCCCCCCNC(=O)C(C)c1ccc(O)c(OC)c1. The second-order valence-electron chi connectivity index (χ2n) is 9.24. The van der Waals surface area contributed by atoms with Crippen LogP contribution in [0.25, 0.3) is 0 Å². The number of phenols is 1. The van der Waals surface area contributed by atoms with Gasteiger partial charge in [-0.25, -0.2) is 0 Å². The summed E-state index contributed by atoms with van der Waals surface area (Å²) < 4.78 is 5.13. The molecule has 4 nitrogen and oxygen atoms in total. The zero-order chi connectivity index (χ0) is 24.2. The lowest BCUT2D eigenvalue weighted by atomic mass is 9.99. The molecule has 188 valence electrons. The quantitative estimate of drug-likeness (QED) is 0.153. The number of aromatic hydroxyl groups is 1. The maximum atomic E-state index is 12.4. The number of allylic oxidation sites excluding steroid dienone is 2. The molecule has 1 atom stereocenters. The summed E-state index contributed by atoms with van der Waals surface area (Å²) >= 11 is 0. The number of methoxy groups -OCH3 is 1. The normalized spacial score (nSPS) is 12.2. The van der Waals surface area contributed by atoms with Crippen molar-refractivity contribution in [2.75, 3.05) is 13.7 Å². The summed E-state index contributed by atoms with van der Waals surface area (Å²) in [6.07, 6.45) is 24.2. The molecule has 0 aliphatic heterocycles. The van der Waals surface area contributed by atoms with Gasteiger partial charge < -0.3 is 15.2 Å². The first-order valence-corrected chi connectivity index (χ1v) is 13.4. The van der Waals surface area contributed by atoms with Crippen LogP contribution in [0.4, 0.5) is 0 Å². The van der Waals surface area contributed by atoms with E-state index in [2.05, 4.69) is 24.4 Å². The first-order chi connectivity index (χ1) is 16.1. The fraction of sp³-hybridized carbons (Fsp3) is 0.690. The van der Waals surface area contributed by atoms with Gasteiger partial charge in [-0.3, -0.25) is 4.79 Å². The van der Waals surface area contributed by atoms with Crippen molar-refractivity contribution in [3.05, 3.63) is 35.9 Å². The molecule has 0 aliphatic rings. The number of hydrogen-bond acceptors (Lipinski definition) is 3. The van der Waals surface area contributed by atoms with Gasteiger partial charge in [-0.05, 0) is 56.7 Å². The molecule has 0 saturated carbocycles. The summed E-state index contributed by atoms with van der Waals surface area (Å²) in [5.74, 6) is 0.244. The lowest BCUT2D eigenvalue weighted by molar-refractivity contribution is -0.122. The standard InChI is InChI=1S/C29H49NO3/c1-4-5-6-7-8-9-10-11-12-13-14-15-16-17-18-19-20-23-30-29(32)25(2)26-21-22-27(31)28(24-26)33-3/h12-13,21-22,24-25,31H,4-11,14-20,23H2,1-3H3,(H,30,32). The Labute approximate surface area is 203 Å². The van der Waals surface area contributed by atoms with Crippen molar-refractivity contribution < 1.29 is 14.6 Å². The van der Waals surface area contributed by atoms with E-state index in [1.807, 2.05) is 6.92 Å². The third-order valence-electron chi connectivity index (χ3n) is 6.33. The first kappa shape index (κ1) is 29.1. The average Bonchev–Trinajstić information content (AvgIpc) is 2.83.